The quantitative estimate of drug-likeness (QED) is 0.425. The Balaban J connectivity index is 1.52. The van der Waals surface area contributed by atoms with Gasteiger partial charge >= 0.3 is 5.69 Å². The van der Waals surface area contributed by atoms with E-state index in [4.69, 9.17) is 0 Å². The van der Waals surface area contributed by atoms with E-state index in [1.165, 1.54) is 30.1 Å². The first kappa shape index (κ1) is 21.2. The van der Waals surface area contributed by atoms with Crippen molar-refractivity contribution in [1.82, 2.24) is 9.97 Å². The fraction of sp³-hybridized carbons (Fsp3) is 0.273. The predicted molar refractivity (Wildman–Crippen MR) is 120 cm³/mol. The van der Waals surface area contributed by atoms with E-state index in [1.54, 1.807) is 6.07 Å². The summed E-state index contributed by atoms with van der Waals surface area (Å²) < 4.78 is 0. The standard InChI is InChI=1S/C22H22N6O4/c29-27(30)19-8-4-7-18(14-19)25-21-20(28(31)32)22(24-15-23-21)26-11-9-17(10-12-26)13-16-5-2-1-3-6-16/h1-8,14-15,17H,9-13H2,(H,23,24,25). The number of piperidine rings is 1. The van der Waals surface area contributed by atoms with Gasteiger partial charge in [-0.05, 0) is 36.8 Å². The third-order valence-electron chi connectivity index (χ3n) is 5.59. The molecule has 10 nitrogen and oxygen atoms in total. The van der Waals surface area contributed by atoms with E-state index < -0.39 is 9.85 Å². The zero-order valence-electron chi connectivity index (χ0n) is 17.3. The Hall–Kier alpha value is -4.08. The van der Waals surface area contributed by atoms with Crippen molar-refractivity contribution in [2.45, 2.75) is 19.3 Å². The number of nitrogens with one attached hydrogen (secondary N) is 1. The molecule has 0 aliphatic carbocycles. The fourth-order valence-corrected chi connectivity index (χ4v) is 3.99. The summed E-state index contributed by atoms with van der Waals surface area (Å²) in [6, 6.07) is 16.1. The van der Waals surface area contributed by atoms with Crippen LogP contribution in [0, 0.1) is 26.1 Å². The maximum absolute atomic E-state index is 11.9. The van der Waals surface area contributed by atoms with Crippen molar-refractivity contribution in [3.63, 3.8) is 0 Å². The van der Waals surface area contributed by atoms with E-state index in [1.807, 2.05) is 23.1 Å². The van der Waals surface area contributed by atoms with Gasteiger partial charge in [-0.3, -0.25) is 20.2 Å². The lowest BCUT2D eigenvalue weighted by Gasteiger charge is -2.32. The summed E-state index contributed by atoms with van der Waals surface area (Å²) in [5.74, 6) is 0.778. The Bertz CT molecular complexity index is 1120. The van der Waals surface area contributed by atoms with E-state index in [-0.39, 0.29) is 23.0 Å². The van der Waals surface area contributed by atoms with Gasteiger partial charge in [-0.25, -0.2) is 9.97 Å². The van der Waals surface area contributed by atoms with Crippen LogP contribution < -0.4 is 10.2 Å². The molecule has 0 radical (unpaired) electrons. The minimum atomic E-state index is -0.523. The number of rotatable bonds is 7. The van der Waals surface area contributed by atoms with E-state index in [0.29, 0.717) is 24.7 Å². The van der Waals surface area contributed by atoms with Crippen LogP contribution in [0.3, 0.4) is 0 Å². The highest BCUT2D eigenvalue weighted by Crippen LogP contribution is 2.36. The number of hydrogen-bond donors (Lipinski definition) is 1. The van der Waals surface area contributed by atoms with Crippen LogP contribution in [0.25, 0.3) is 0 Å². The molecule has 2 heterocycles. The first-order valence-corrected chi connectivity index (χ1v) is 10.3. The number of nitrogens with zero attached hydrogens (tertiary/aromatic N) is 5. The third kappa shape index (κ3) is 4.80. The molecular weight excluding hydrogens is 412 g/mol. The summed E-state index contributed by atoms with van der Waals surface area (Å²) in [5.41, 5.74) is 1.28. The summed E-state index contributed by atoms with van der Waals surface area (Å²) in [5, 5.41) is 25.8. The first-order valence-electron chi connectivity index (χ1n) is 10.3. The van der Waals surface area contributed by atoms with Gasteiger partial charge in [0, 0.05) is 30.9 Å². The largest absolute Gasteiger partial charge is 0.353 e. The Morgan fingerprint density at radius 2 is 1.72 bits per heavy atom. The van der Waals surface area contributed by atoms with Crippen LogP contribution in [-0.4, -0.2) is 32.9 Å². The van der Waals surface area contributed by atoms with Crippen LogP contribution in [0.1, 0.15) is 18.4 Å². The Morgan fingerprint density at radius 3 is 2.41 bits per heavy atom. The molecule has 1 N–H and O–H groups in total. The second-order valence-electron chi connectivity index (χ2n) is 7.70. The second kappa shape index (κ2) is 9.38. The minimum absolute atomic E-state index is 0.00640. The van der Waals surface area contributed by atoms with Crippen LogP contribution in [-0.2, 0) is 6.42 Å². The summed E-state index contributed by atoms with van der Waals surface area (Å²) in [6.07, 6.45) is 4.08. The Morgan fingerprint density at radius 1 is 0.969 bits per heavy atom. The maximum Gasteiger partial charge on any atom is 0.353 e. The number of aromatic nitrogens is 2. The number of nitro groups is 2. The molecule has 0 atom stereocenters. The number of anilines is 3. The third-order valence-corrected chi connectivity index (χ3v) is 5.59. The number of benzene rings is 2. The second-order valence-corrected chi connectivity index (χ2v) is 7.70. The van der Waals surface area contributed by atoms with E-state index in [0.717, 1.165) is 19.3 Å². The molecule has 0 spiro atoms. The molecule has 0 unspecified atom stereocenters. The smallest absolute Gasteiger partial charge is 0.351 e. The molecule has 0 amide bonds. The van der Waals surface area contributed by atoms with Crippen LogP contribution in [0.15, 0.2) is 60.9 Å². The van der Waals surface area contributed by atoms with E-state index >= 15 is 0 Å². The van der Waals surface area contributed by atoms with E-state index in [2.05, 4.69) is 27.4 Å². The maximum atomic E-state index is 11.9. The zero-order chi connectivity index (χ0) is 22.5. The van der Waals surface area contributed by atoms with Crippen LogP contribution in [0.2, 0.25) is 0 Å². The highest BCUT2D eigenvalue weighted by molar-refractivity contribution is 5.75. The lowest BCUT2D eigenvalue weighted by molar-refractivity contribution is -0.384. The molecule has 164 valence electrons. The van der Waals surface area contributed by atoms with E-state index in [9.17, 15) is 20.2 Å². The summed E-state index contributed by atoms with van der Waals surface area (Å²) in [7, 11) is 0. The number of nitro benzene ring substituents is 1. The van der Waals surface area contributed by atoms with Gasteiger partial charge < -0.3 is 10.2 Å². The van der Waals surface area contributed by atoms with Crippen molar-refractivity contribution in [3.8, 4) is 0 Å². The molecular formula is C22H22N6O4. The fourth-order valence-electron chi connectivity index (χ4n) is 3.99. The molecule has 4 rings (SSSR count). The van der Waals surface area contributed by atoms with Crippen LogP contribution >= 0.6 is 0 Å². The van der Waals surface area contributed by atoms with Gasteiger partial charge in [0.05, 0.1) is 9.85 Å². The first-order chi connectivity index (χ1) is 15.5. The van der Waals surface area contributed by atoms with Crippen LogP contribution in [0.4, 0.5) is 28.7 Å². The molecule has 10 heteroatoms. The average molecular weight is 434 g/mol. The van der Waals surface area contributed by atoms with Crippen molar-refractivity contribution in [2.24, 2.45) is 5.92 Å². The monoisotopic (exact) mass is 434 g/mol. The lowest BCUT2D eigenvalue weighted by Crippen LogP contribution is -2.35. The Labute approximate surface area is 184 Å². The highest BCUT2D eigenvalue weighted by Gasteiger charge is 2.30. The zero-order valence-corrected chi connectivity index (χ0v) is 17.3. The van der Waals surface area contributed by atoms with Gasteiger partial charge in [0.1, 0.15) is 6.33 Å². The van der Waals surface area contributed by atoms with Gasteiger partial charge in [-0.1, -0.05) is 36.4 Å². The average Bonchev–Trinajstić information content (AvgIpc) is 2.80. The molecule has 1 aromatic heterocycles. The van der Waals surface area contributed by atoms with Crippen molar-refractivity contribution >= 4 is 28.7 Å². The Kier molecular flexibility index (Phi) is 6.20. The van der Waals surface area contributed by atoms with Crippen LogP contribution in [0.5, 0.6) is 0 Å². The molecule has 3 aromatic rings. The van der Waals surface area contributed by atoms with Gasteiger partial charge in [0.15, 0.2) is 0 Å². The molecule has 1 aliphatic rings. The number of non-ortho nitro benzene ring substituents is 1. The van der Waals surface area contributed by atoms with Gasteiger partial charge in [0.25, 0.3) is 5.69 Å². The summed E-state index contributed by atoms with van der Waals surface area (Å²) in [4.78, 5) is 32.1. The molecule has 0 bridgehead atoms. The van der Waals surface area contributed by atoms with Crippen molar-refractivity contribution in [1.29, 1.82) is 0 Å². The molecule has 1 fully saturated rings. The minimum Gasteiger partial charge on any atom is -0.351 e. The SMILES string of the molecule is O=[N+]([O-])c1cccc(Nc2ncnc(N3CCC(Cc4ccccc4)CC3)c2[N+](=O)[O-])c1. The molecule has 0 saturated carbocycles. The van der Waals surface area contributed by atoms with Crippen molar-refractivity contribution < 1.29 is 9.85 Å². The number of hydrogen-bond acceptors (Lipinski definition) is 8. The molecule has 2 aromatic carbocycles. The molecule has 1 saturated heterocycles. The van der Waals surface area contributed by atoms with Gasteiger partial charge in [0.2, 0.25) is 11.6 Å². The van der Waals surface area contributed by atoms with Crippen molar-refractivity contribution in [3.05, 3.63) is 86.7 Å². The predicted octanol–water partition coefficient (Wildman–Crippen LogP) is 4.50. The normalized spacial score (nSPS) is 14.2. The summed E-state index contributed by atoms with van der Waals surface area (Å²) >= 11 is 0. The van der Waals surface area contributed by atoms with Crippen molar-refractivity contribution in [2.75, 3.05) is 23.3 Å². The topological polar surface area (TPSA) is 127 Å². The molecule has 32 heavy (non-hydrogen) atoms. The van der Waals surface area contributed by atoms with Gasteiger partial charge in [-0.2, -0.15) is 0 Å². The highest BCUT2D eigenvalue weighted by atomic mass is 16.6. The molecule has 1 aliphatic heterocycles. The summed E-state index contributed by atoms with van der Waals surface area (Å²) in [6.45, 7) is 1.32. The lowest BCUT2D eigenvalue weighted by atomic mass is 9.90. The van der Waals surface area contributed by atoms with Gasteiger partial charge in [-0.15, -0.1) is 0 Å².